The van der Waals surface area contributed by atoms with E-state index in [0.29, 0.717) is 6.54 Å². The Morgan fingerprint density at radius 3 is 2.69 bits per heavy atom. The summed E-state index contributed by atoms with van der Waals surface area (Å²) in [4.78, 5) is 12.4. The predicted molar refractivity (Wildman–Crippen MR) is 69.6 cm³/mol. The van der Waals surface area contributed by atoms with Crippen LogP contribution in [0.2, 0.25) is 0 Å². The normalized spacial score (nSPS) is 10.1. The van der Waals surface area contributed by atoms with Crippen LogP contribution in [-0.4, -0.2) is 5.91 Å². The van der Waals surface area contributed by atoms with E-state index in [2.05, 4.69) is 21.2 Å². The van der Waals surface area contributed by atoms with Gasteiger partial charge in [0.25, 0.3) is 5.91 Å². The van der Waals surface area contributed by atoms with Crippen LogP contribution in [0.3, 0.4) is 0 Å². The lowest BCUT2D eigenvalue weighted by Crippen LogP contribution is -2.21. The molecule has 0 aliphatic rings. The molecule has 4 heteroatoms. The average Bonchev–Trinajstić information content (AvgIpc) is 2.74. The highest BCUT2D eigenvalue weighted by Gasteiger charge is 2.07. The van der Waals surface area contributed by atoms with Crippen LogP contribution in [0.25, 0.3) is 0 Å². The zero-order valence-corrected chi connectivity index (χ0v) is 10.8. The standard InChI is InChI=1S/C12H10BrNOS/c13-10-6-11(16-8-10)12(15)14-7-9-4-2-1-3-5-9/h1-6,8H,7H2,(H,14,15). The molecule has 0 bridgehead atoms. The van der Waals surface area contributed by atoms with Crippen molar-refractivity contribution in [3.63, 3.8) is 0 Å². The van der Waals surface area contributed by atoms with Gasteiger partial charge in [-0.05, 0) is 27.6 Å². The number of nitrogens with one attached hydrogen (secondary N) is 1. The van der Waals surface area contributed by atoms with Crippen LogP contribution in [0.1, 0.15) is 15.2 Å². The fourth-order valence-electron chi connectivity index (χ4n) is 1.30. The Kier molecular flexibility index (Phi) is 3.74. The summed E-state index contributed by atoms with van der Waals surface area (Å²) in [7, 11) is 0. The van der Waals surface area contributed by atoms with E-state index in [1.165, 1.54) is 11.3 Å². The minimum Gasteiger partial charge on any atom is -0.347 e. The molecule has 0 spiro atoms. The van der Waals surface area contributed by atoms with Gasteiger partial charge in [-0.15, -0.1) is 11.3 Å². The molecule has 0 atom stereocenters. The van der Waals surface area contributed by atoms with Crippen molar-refractivity contribution >= 4 is 33.2 Å². The molecule has 0 radical (unpaired) electrons. The van der Waals surface area contributed by atoms with Crippen molar-refractivity contribution in [2.45, 2.75) is 6.54 Å². The third kappa shape index (κ3) is 2.93. The van der Waals surface area contributed by atoms with E-state index in [-0.39, 0.29) is 5.91 Å². The second-order valence-electron chi connectivity index (χ2n) is 3.30. The third-order valence-corrected chi connectivity index (χ3v) is 3.78. The van der Waals surface area contributed by atoms with Gasteiger partial charge in [0.2, 0.25) is 0 Å². The first-order chi connectivity index (χ1) is 7.75. The summed E-state index contributed by atoms with van der Waals surface area (Å²) in [5, 5.41) is 4.78. The highest BCUT2D eigenvalue weighted by atomic mass is 79.9. The van der Waals surface area contributed by atoms with E-state index in [9.17, 15) is 4.79 Å². The van der Waals surface area contributed by atoms with Crippen LogP contribution in [0.5, 0.6) is 0 Å². The first-order valence-electron chi connectivity index (χ1n) is 4.82. The molecule has 0 fully saturated rings. The number of halogens is 1. The molecule has 0 aliphatic carbocycles. The van der Waals surface area contributed by atoms with Crippen LogP contribution in [0.15, 0.2) is 46.3 Å². The van der Waals surface area contributed by atoms with Gasteiger partial charge in [-0.1, -0.05) is 30.3 Å². The van der Waals surface area contributed by atoms with Crippen LogP contribution < -0.4 is 5.32 Å². The Bertz CT molecular complexity index is 481. The lowest BCUT2D eigenvalue weighted by atomic mass is 10.2. The van der Waals surface area contributed by atoms with Crippen molar-refractivity contribution in [3.05, 3.63) is 56.7 Å². The van der Waals surface area contributed by atoms with Gasteiger partial charge in [0.15, 0.2) is 0 Å². The van der Waals surface area contributed by atoms with Crippen molar-refractivity contribution in [2.75, 3.05) is 0 Å². The maximum absolute atomic E-state index is 11.7. The van der Waals surface area contributed by atoms with E-state index in [1.807, 2.05) is 41.8 Å². The highest BCUT2D eigenvalue weighted by molar-refractivity contribution is 9.10. The number of carbonyl (C=O) groups is 1. The molecule has 2 rings (SSSR count). The molecular weight excluding hydrogens is 286 g/mol. The van der Waals surface area contributed by atoms with Gasteiger partial charge in [0, 0.05) is 16.4 Å². The summed E-state index contributed by atoms with van der Waals surface area (Å²) in [6.07, 6.45) is 0. The van der Waals surface area contributed by atoms with Crippen LogP contribution >= 0.6 is 27.3 Å². The zero-order chi connectivity index (χ0) is 11.4. The second kappa shape index (κ2) is 5.27. The molecule has 2 nitrogen and oxygen atoms in total. The van der Waals surface area contributed by atoms with Crippen LogP contribution in [0, 0.1) is 0 Å². The van der Waals surface area contributed by atoms with Gasteiger partial charge in [0.05, 0.1) is 4.88 Å². The quantitative estimate of drug-likeness (QED) is 0.923. The van der Waals surface area contributed by atoms with E-state index in [1.54, 1.807) is 0 Å². The Hall–Kier alpha value is -1.13. The molecule has 0 aliphatic heterocycles. The zero-order valence-electron chi connectivity index (χ0n) is 8.44. The Morgan fingerprint density at radius 2 is 2.06 bits per heavy atom. The van der Waals surface area contributed by atoms with E-state index < -0.39 is 0 Å². The third-order valence-electron chi connectivity index (χ3n) is 2.09. The number of carbonyl (C=O) groups excluding carboxylic acids is 1. The Labute approximate surface area is 106 Å². The first kappa shape index (κ1) is 11.4. The summed E-state index contributed by atoms with van der Waals surface area (Å²) in [6.45, 7) is 0.565. The number of rotatable bonds is 3. The highest BCUT2D eigenvalue weighted by Crippen LogP contribution is 2.19. The molecular formula is C12H10BrNOS. The van der Waals surface area contributed by atoms with E-state index in [0.717, 1.165) is 14.9 Å². The van der Waals surface area contributed by atoms with Crippen molar-refractivity contribution in [2.24, 2.45) is 0 Å². The van der Waals surface area contributed by atoms with Crippen molar-refractivity contribution in [3.8, 4) is 0 Å². The first-order valence-corrected chi connectivity index (χ1v) is 6.49. The minimum absolute atomic E-state index is 0.0282. The molecule has 1 N–H and O–H groups in total. The molecule has 1 aromatic heterocycles. The van der Waals surface area contributed by atoms with E-state index in [4.69, 9.17) is 0 Å². The molecule has 0 saturated heterocycles. The summed E-state index contributed by atoms with van der Waals surface area (Å²) in [5.74, 6) is -0.0282. The number of benzene rings is 1. The van der Waals surface area contributed by atoms with Crippen molar-refractivity contribution in [1.29, 1.82) is 0 Å². The molecule has 0 unspecified atom stereocenters. The molecule has 16 heavy (non-hydrogen) atoms. The molecule has 82 valence electrons. The number of hydrogen-bond acceptors (Lipinski definition) is 2. The Balaban J connectivity index is 1.94. The summed E-state index contributed by atoms with van der Waals surface area (Å²) < 4.78 is 0.947. The van der Waals surface area contributed by atoms with Gasteiger partial charge in [-0.2, -0.15) is 0 Å². The van der Waals surface area contributed by atoms with Crippen molar-refractivity contribution < 1.29 is 4.79 Å². The summed E-state index contributed by atoms with van der Waals surface area (Å²) in [6, 6.07) is 11.7. The largest absolute Gasteiger partial charge is 0.347 e. The lowest BCUT2D eigenvalue weighted by molar-refractivity contribution is 0.0955. The number of thiophene rings is 1. The fourth-order valence-corrected chi connectivity index (χ4v) is 2.64. The molecule has 1 aromatic carbocycles. The van der Waals surface area contributed by atoms with Gasteiger partial charge in [0.1, 0.15) is 0 Å². The topological polar surface area (TPSA) is 29.1 Å². The molecule has 2 aromatic rings. The van der Waals surface area contributed by atoms with Crippen LogP contribution in [-0.2, 0) is 6.54 Å². The fraction of sp³-hybridized carbons (Fsp3) is 0.0833. The predicted octanol–water partition coefficient (Wildman–Crippen LogP) is 3.44. The SMILES string of the molecule is O=C(NCc1ccccc1)c1cc(Br)cs1. The Morgan fingerprint density at radius 1 is 1.31 bits per heavy atom. The average molecular weight is 296 g/mol. The van der Waals surface area contributed by atoms with Crippen LogP contribution in [0.4, 0.5) is 0 Å². The maximum atomic E-state index is 11.7. The van der Waals surface area contributed by atoms with Gasteiger partial charge in [-0.25, -0.2) is 0 Å². The molecule has 1 heterocycles. The minimum atomic E-state index is -0.0282. The molecule has 1 amide bonds. The summed E-state index contributed by atoms with van der Waals surface area (Å²) in [5.41, 5.74) is 1.10. The number of hydrogen-bond donors (Lipinski definition) is 1. The van der Waals surface area contributed by atoms with Crippen molar-refractivity contribution in [1.82, 2.24) is 5.32 Å². The second-order valence-corrected chi connectivity index (χ2v) is 5.12. The smallest absolute Gasteiger partial charge is 0.261 e. The summed E-state index contributed by atoms with van der Waals surface area (Å²) >= 11 is 4.76. The van der Waals surface area contributed by atoms with Gasteiger partial charge < -0.3 is 5.32 Å². The van der Waals surface area contributed by atoms with E-state index >= 15 is 0 Å². The molecule has 0 saturated carbocycles. The number of amides is 1. The van der Waals surface area contributed by atoms with Gasteiger partial charge in [-0.3, -0.25) is 4.79 Å². The monoisotopic (exact) mass is 295 g/mol. The lowest BCUT2D eigenvalue weighted by Gasteiger charge is -2.02. The van der Waals surface area contributed by atoms with Gasteiger partial charge >= 0.3 is 0 Å². The maximum Gasteiger partial charge on any atom is 0.261 e.